The number of hydrogen-bond acceptors (Lipinski definition) is 4. The fraction of sp³-hybridized carbons (Fsp3) is 0.333. The van der Waals surface area contributed by atoms with Gasteiger partial charge in [-0.3, -0.25) is 4.79 Å². The summed E-state index contributed by atoms with van der Waals surface area (Å²) in [4.78, 5) is 23.5. The number of amides is 1. The maximum absolute atomic E-state index is 12.2. The molecule has 4 rings (SSSR count). The van der Waals surface area contributed by atoms with Crippen LogP contribution in [0.3, 0.4) is 0 Å². The number of carboxylic acid groups (broad SMARTS) is 1. The van der Waals surface area contributed by atoms with Crippen molar-refractivity contribution in [3.8, 4) is 0 Å². The highest BCUT2D eigenvalue weighted by Crippen LogP contribution is 2.32. The van der Waals surface area contributed by atoms with E-state index < -0.39 is 12.1 Å². The van der Waals surface area contributed by atoms with Crippen molar-refractivity contribution in [1.82, 2.24) is 9.88 Å². The van der Waals surface area contributed by atoms with Crippen molar-refractivity contribution in [3.63, 3.8) is 0 Å². The van der Waals surface area contributed by atoms with Gasteiger partial charge in [0.05, 0.1) is 13.2 Å². The molecule has 31 heavy (non-hydrogen) atoms. The molecule has 1 heterocycles. The number of carbonyl (C=O) groups excluding carboxylic acids is 1. The van der Waals surface area contributed by atoms with Crippen molar-refractivity contribution in [3.05, 3.63) is 71.4 Å². The lowest BCUT2D eigenvalue weighted by atomic mass is 9.91. The maximum atomic E-state index is 12.2. The highest BCUT2D eigenvalue weighted by atomic mass is 16.6. The van der Waals surface area contributed by atoms with E-state index >= 15 is 0 Å². The third-order valence-corrected chi connectivity index (χ3v) is 5.56. The van der Waals surface area contributed by atoms with E-state index in [-0.39, 0.29) is 19.2 Å². The van der Waals surface area contributed by atoms with E-state index in [1.165, 1.54) is 0 Å². The molecule has 0 radical (unpaired) electrons. The minimum absolute atomic E-state index is 0.0469. The molecule has 0 aliphatic heterocycles. The molecule has 1 aliphatic carbocycles. The van der Waals surface area contributed by atoms with Crippen molar-refractivity contribution in [1.29, 1.82) is 0 Å². The molecule has 0 fully saturated rings. The van der Waals surface area contributed by atoms with Crippen LogP contribution in [0.2, 0.25) is 0 Å². The second-order valence-corrected chi connectivity index (χ2v) is 7.68. The minimum Gasteiger partial charge on any atom is -0.480 e. The summed E-state index contributed by atoms with van der Waals surface area (Å²) in [5, 5.41) is 13.3. The summed E-state index contributed by atoms with van der Waals surface area (Å²) in [5.41, 5.74) is 4.16. The average molecular weight is 422 g/mol. The zero-order valence-corrected chi connectivity index (χ0v) is 17.3. The summed E-state index contributed by atoms with van der Waals surface area (Å²) in [6, 6.07) is 17.6. The first-order chi connectivity index (χ1) is 15.1. The SMILES string of the molecule is O=C(O)Cn1c2c(c3ccccc31)C[C@@H](NC(=O)OCCOCc1ccccc1)CC2. The molecule has 2 N–H and O–H groups in total. The Morgan fingerprint density at radius 1 is 1.06 bits per heavy atom. The molecule has 1 amide bonds. The summed E-state index contributed by atoms with van der Waals surface area (Å²) >= 11 is 0. The van der Waals surface area contributed by atoms with Crippen LogP contribution in [0.25, 0.3) is 10.9 Å². The number of carbonyl (C=O) groups is 2. The van der Waals surface area contributed by atoms with Crippen LogP contribution in [0.4, 0.5) is 4.79 Å². The lowest BCUT2D eigenvalue weighted by molar-refractivity contribution is -0.137. The van der Waals surface area contributed by atoms with Crippen molar-refractivity contribution in [2.75, 3.05) is 13.2 Å². The van der Waals surface area contributed by atoms with Crippen LogP contribution in [-0.4, -0.2) is 41.0 Å². The van der Waals surface area contributed by atoms with E-state index in [2.05, 4.69) is 5.32 Å². The Labute approximate surface area is 180 Å². The summed E-state index contributed by atoms with van der Waals surface area (Å²) in [6.45, 7) is 0.949. The molecule has 0 unspecified atom stereocenters. The van der Waals surface area contributed by atoms with Gasteiger partial charge >= 0.3 is 12.1 Å². The predicted octanol–water partition coefficient (Wildman–Crippen LogP) is 3.53. The van der Waals surface area contributed by atoms with Gasteiger partial charge < -0.3 is 24.5 Å². The maximum Gasteiger partial charge on any atom is 0.407 e. The molecule has 2 aromatic carbocycles. The molecule has 0 saturated carbocycles. The number of carboxylic acids is 1. The Hall–Kier alpha value is -3.32. The first kappa shape index (κ1) is 20.9. The van der Waals surface area contributed by atoms with Crippen LogP contribution < -0.4 is 5.32 Å². The van der Waals surface area contributed by atoms with Crippen LogP contribution in [0.5, 0.6) is 0 Å². The molecule has 1 aliphatic rings. The van der Waals surface area contributed by atoms with E-state index in [4.69, 9.17) is 9.47 Å². The van der Waals surface area contributed by atoms with Crippen LogP contribution in [0, 0.1) is 0 Å². The van der Waals surface area contributed by atoms with Gasteiger partial charge in [0.25, 0.3) is 0 Å². The van der Waals surface area contributed by atoms with E-state index in [1.807, 2.05) is 59.2 Å². The fourth-order valence-corrected chi connectivity index (χ4v) is 4.21. The van der Waals surface area contributed by atoms with E-state index in [0.29, 0.717) is 26.1 Å². The van der Waals surface area contributed by atoms with Crippen molar-refractivity contribution in [2.24, 2.45) is 0 Å². The highest BCUT2D eigenvalue weighted by Gasteiger charge is 2.27. The summed E-state index contributed by atoms with van der Waals surface area (Å²) in [6.07, 6.45) is 1.65. The molecule has 1 aromatic heterocycles. The molecule has 1 atom stereocenters. The van der Waals surface area contributed by atoms with Gasteiger partial charge in [-0.1, -0.05) is 48.5 Å². The molecule has 0 saturated heterocycles. The number of rotatable bonds is 8. The topological polar surface area (TPSA) is 89.8 Å². The van der Waals surface area contributed by atoms with Gasteiger partial charge in [0, 0.05) is 22.6 Å². The lowest BCUT2D eigenvalue weighted by Crippen LogP contribution is -2.39. The monoisotopic (exact) mass is 422 g/mol. The zero-order valence-electron chi connectivity index (χ0n) is 17.3. The molecular formula is C24H26N2O5. The third-order valence-electron chi connectivity index (χ3n) is 5.56. The first-order valence-corrected chi connectivity index (χ1v) is 10.5. The Morgan fingerprint density at radius 2 is 1.84 bits per heavy atom. The standard InChI is InChI=1S/C24H26N2O5/c27-23(28)15-26-21-9-5-4-8-19(21)20-14-18(10-11-22(20)26)25-24(29)31-13-12-30-16-17-6-2-1-3-7-17/h1-9,18H,10-16H2,(H,25,29)(H,27,28)/t18-/m0/s1. The summed E-state index contributed by atoms with van der Waals surface area (Å²) in [7, 11) is 0. The van der Waals surface area contributed by atoms with Crippen LogP contribution in [0.15, 0.2) is 54.6 Å². The Morgan fingerprint density at radius 3 is 2.65 bits per heavy atom. The Balaban J connectivity index is 1.30. The molecule has 0 spiro atoms. The number of aromatic nitrogens is 1. The quantitative estimate of drug-likeness (QED) is 0.542. The number of hydrogen-bond donors (Lipinski definition) is 2. The number of alkyl carbamates (subject to hydrolysis) is 1. The van der Waals surface area contributed by atoms with Crippen molar-refractivity contribution < 1.29 is 24.2 Å². The number of para-hydroxylation sites is 1. The van der Waals surface area contributed by atoms with Gasteiger partial charge in [0.1, 0.15) is 13.2 Å². The van der Waals surface area contributed by atoms with E-state index in [1.54, 1.807) is 0 Å². The van der Waals surface area contributed by atoms with Gasteiger partial charge in [-0.2, -0.15) is 0 Å². The largest absolute Gasteiger partial charge is 0.480 e. The number of nitrogens with one attached hydrogen (secondary N) is 1. The highest BCUT2D eigenvalue weighted by molar-refractivity contribution is 5.87. The fourth-order valence-electron chi connectivity index (χ4n) is 4.21. The van der Waals surface area contributed by atoms with Gasteiger partial charge in [-0.05, 0) is 36.5 Å². The van der Waals surface area contributed by atoms with E-state index in [0.717, 1.165) is 34.1 Å². The van der Waals surface area contributed by atoms with Crippen LogP contribution >= 0.6 is 0 Å². The molecular weight excluding hydrogens is 396 g/mol. The summed E-state index contributed by atoms with van der Waals surface area (Å²) < 4.78 is 12.7. The molecule has 162 valence electrons. The summed E-state index contributed by atoms with van der Waals surface area (Å²) in [5.74, 6) is -0.859. The van der Waals surface area contributed by atoms with Crippen molar-refractivity contribution in [2.45, 2.75) is 38.5 Å². The van der Waals surface area contributed by atoms with E-state index in [9.17, 15) is 14.7 Å². The second kappa shape index (κ2) is 9.66. The smallest absolute Gasteiger partial charge is 0.407 e. The Kier molecular flexibility index (Phi) is 6.52. The molecule has 7 heteroatoms. The van der Waals surface area contributed by atoms with Gasteiger partial charge in [0.15, 0.2) is 0 Å². The molecule has 0 bridgehead atoms. The lowest BCUT2D eigenvalue weighted by Gasteiger charge is -2.24. The third kappa shape index (κ3) is 5.06. The number of ether oxygens (including phenoxy) is 2. The van der Waals surface area contributed by atoms with Gasteiger partial charge in [-0.15, -0.1) is 0 Å². The normalized spacial score (nSPS) is 15.4. The number of aliphatic carboxylic acids is 1. The first-order valence-electron chi connectivity index (χ1n) is 10.5. The zero-order chi connectivity index (χ0) is 21.6. The Bertz CT molecular complexity index is 1060. The molecule has 7 nitrogen and oxygen atoms in total. The van der Waals surface area contributed by atoms with Gasteiger partial charge in [-0.25, -0.2) is 4.79 Å². The number of benzene rings is 2. The van der Waals surface area contributed by atoms with Crippen LogP contribution in [0.1, 0.15) is 23.2 Å². The second-order valence-electron chi connectivity index (χ2n) is 7.68. The average Bonchev–Trinajstić information content (AvgIpc) is 3.07. The van der Waals surface area contributed by atoms with Gasteiger partial charge in [0.2, 0.25) is 0 Å². The minimum atomic E-state index is -0.859. The molecule has 3 aromatic rings. The number of fused-ring (bicyclic) bond motifs is 3. The van der Waals surface area contributed by atoms with Crippen molar-refractivity contribution >= 4 is 23.0 Å². The van der Waals surface area contributed by atoms with Crippen LogP contribution in [-0.2, 0) is 40.3 Å². The predicted molar refractivity (Wildman–Crippen MR) is 116 cm³/mol. The number of nitrogens with zero attached hydrogens (tertiary/aromatic N) is 1.